The second-order valence-electron chi connectivity index (χ2n) is 5.82. The van der Waals surface area contributed by atoms with Crippen LogP contribution in [0.3, 0.4) is 0 Å². The van der Waals surface area contributed by atoms with Crippen LogP contribution >= 0.6 is 0 Å². The van der Waals surface area contributed by atoms with Gasteiger partial charge >= 0.3 is 11.9 Å². The maximum Gasteiger partial charge on any atom is 0.333 e. The molecule has 0 rings (SSSR count). The second-order valence-corrected chi connectivity index (χ2v) is 10.6. The smallest absolute Gasteiger partial charge is 0.333 e. The maximum atomic E-state index is 11.6. The molecule has 6 heteroatoms. The lowest BCUT2D eigenvalue weighted by atomic mass is 10.2. The molecule has 106 valence electrons. The van der Waals surface area contributed by atoms with Crippen molar-refractivity contribution < 1.29 is 23.9 Å². The van der Waals surface area contributed by atoms with Crippen molar-refractivity contribution in [2.24, 2.45) is 0 Å². The SMILES string of the molecule is COC(=O)[C@@H](CCC(=O)O)O[Si](C)(C)C(C)(C)C. The van der Waals surface area contributed by atoms with Gasteiger partial charge in [0.25, 0.3) is 0 Å². The van der Waals surface area contributed by atoms with Gasteiger partial charge in [-0.25, -0.2) is 4.79 Å². The van der Waals surface area contributed by atoms with Crippen molar-refractivity contribution in [1.82, 2.24) is 0 Å². The third-order valence-corrected chi connectivity index (χ3v) is 7.81. The molecule has 0 radical (unpaired) electrons. The van der Waals surface area contributed by atoms with Crippen LogP contribution < -0.4 is 0 Å². The molecule has 0 heterocycles. The molecule has 0 unspecified atom stereocenters. The highest BCUT2D eigenvalue weighted by molar-refractivity contribution is 6.74. The van der Waals surface area contributed by atoms with Crippen molar-refractivity contribution in [3.05, 3.63) is 0 Å². The average molecular weight is 276 g/mol. The standard InChI is InChI=1S/C12H24O5Si/c1-12(2,3)18(5,6)17-9(11(15)16-4)7-8-10(13)14/h9H,7-8H2,1-6H3,(H,13,14)/t9-/m1/s1. The predicted molar refractivity (Wildman–Crippen MR) is 71.0 cm³/mol. The quantitative estimate of drug-likeness (QED) is 0.596. The number of aliphatic carboxylic acids is 1. The Morgan fingerprint density at radius 1 is 1.28 bits per heavy atom. The van der Waals surface area contributed by atoms with Crippen molar-refractivity contribution in [3.63, 3.8) is 0 Å². The molecule has 0 saturated heterocycles. The van der Waals surface area contributed by atoms with E-state index in [1.165, 1.54) is 7.11 Å². The number of ether oxygens (including phenoxy) is 1. The number of hydrogen-bond acceptors (Lipinski definition) is 4. The lowest BCUT2D eigenvalue weighted by molar-refractivity contribution is -0.150. The summed E-state index contributed by atoms with van der Waals surface area (Å²) in [5, 5.41) is 8.64. The van der Waals surface area contributed by atoms with Gasteiger partial charge in [0.15, 0.2) is 8.32 Å². The molecule has 0 saturated carbocycles. The van der Waals surface area contributed by atoms with Gasteiger partial charge in [0.05, 0.1) is 7.11 Å². The van der Waals surface area contributed by atoms with Gasteiger partial charge < -0.3 is 14.3 Å². The fourth-order valence-corrected chi connectivity index (χ4v) is 2.42. The van der Waals surface area contributed by atoms with E-state index in [2.05, 4.69) is 25.5 Å². The predicted octanol–water partition coefficient (Wildman–Crippen LogP) is 2.41. The molecule has 0 aromatic heterocycles. The van der Waals surface area contributed by atoms with Crippen LogP contribution in [0.15, 0.2) is 0 Å². The van der Waals surface area contributed by atoms with Crippen LogP contribution in [-0.4, -0.2) is 38.6 Å². The van der Waals surface area contributed by atoms with E-state index in [0.717, 1.165) is 0 Å². The molecule has 0 aliphatic rings. The molecule has 0 bridgehead atoms. The Labute approximate surface area is 110 Å². The summed E-state index contributed by atoms with van der Waals surface area (Å²) in [5.74, 6) is -1.44. The largest absolute Gasteiger partial charge is 0.481 e. The second kappa shape index (κ2) is 6.33. The summed E-state index contributed by atoms with van der Waals surface area (Å²) >= 11 is 0. The molecule has 0 aromatic rings. The molecular formula is C12H24O5Si. The van der Waals surface area contributed by atoms with Gasteiger partial charge in [-0.15, -0.1) is 0 Å². The number of esters is 1. The zero-order valence-corrected chi connectivity index (χ0v) is 13.1. The van der Waals surface area contributed by atoms with Crippen LogP contribution in [-0.2, 0) is 18.8 Å². The van der Waals surface area contributed by atoms with Crippen LogP contribution in [0, 0.1) is 0 Å². The van der Waals surface area contributed by atoms with Gasteiger partial charge in [-0.1, -0.05) is 20.8 Å². The summed E-state index contributed by atoms with van der Waals surface area (Å²) in [6.45, 7) is 10.2. The van der Waals surface area contributed by atoms with Crippen LogP contribution in [0.2, 0.25) is 18.1 Å². The normalized spacial score (nSPS) is 14.1. The summed E-state index contributed by atoms with van der Waals surface area (Å²) in [6, 6.07) is 0. The molecule has 0 fully saturated rings. The van der Waals surface area contributed by atoms with E-state index in [-0.39, 0.29) is 17.9 Å². The lowest BCUT2D eigenvalue weighted by Gasteiger charge is -2.38. The Hall–Kier alpha value is -0.883. The number of hydrogen-bond donors (Lipinski definition) is 1. The Balaban J connectivity index is 4.79. The number of carbonyl (C=O) groups excluding carboxylic acids is 1. The summed E-state index contributed by atoms with van der Waals surface area (Å²) < 4.78 is 10.6. The van der Waals surface area contributed by atoms with E-state index in [4.69, 9.17) is 9.53 Å². The summed E-state index contributed by atoms with van der Waals surface area (Å²) in [5.41, 5.74) is 0. The first-order valence-electron chi connectivity index (χ1n) is 5.98. The fraction of sp³-hybridized carbons (Fsp3) is 0.833. The van der Waals surface area contributed by atoms with Crippen LogP contribution in [0.4, 0.5) is 0 Å². The monoisotopic (exact) mass is 276 g/mol. The van der Waals surface area contributed by atoms with E-state index in [1.54, 1.807) is 0 Å². The minimum Gasteiger partial charge on any atom is -0.481 e. The fourth-order valence-electron chi connectivity index (χ4n) is 1.14. The van der Waals surface area contributed by atoms with Crippen molar-refractivity contribution >= 4 is 20.3 Å². The van der Waals surface area contributed by atoms with E-state index in [0.29, 0.717) is 0 Å². The molecule has 0 aliphatic heterocycles. The Morgan fingerprint density at radius 2 is 1.78 bits per heavy atom. The first-order chi connectivity index (χ1) is 8.01. The topological polar surface area (TPSA) is 72.8 Å². The van der Waals surface area contributed by atoms with Crippen molar-refractivity contribution in [2.75, 3.05) is 7.11 Å². The molecule has 1 N–H and O–H groups in total. The van der Waals surface area contributed by atoms with Crippen molar-refractivity contribution in [1.29, 1.82) is 0 Å². The Bertz CT molecular complexity index is 306. The van der Waals surface area contributed by atoms with Crippen molar-refractivity contribution in [3.8, 4) is 0 Å². The van der Waals surface area contributed by atoms with Gasteiger partial charge in [0, 0.05) is 6.42 Å². The first kappa shape index (κ1) is 17.1. The van der Waals surface area contributed by atoms with Crippen LogP contribution in [0.5, 0.6) is 0 Å². The molecule has 0 aliphatic carbocycles. The minimum atomic E-state index is -2.11. The molecule has 18 heavy (non-hydrogen) atoms. The number of carboxylic acids is 1. The van der Waals surface area contributed by atoms with E-state index >= 15 is 0 Å². The molecular weight excluding hydrogens is 252 g/mol. The first-order valence-corrected chi connectivity index (χ1v) is 8.89. The van der Waals surface area contributed by atoms with Gasteiger partial charge in [0.1, 0.15) is 6.10 Å². The summed E-state index contributed by atoms with van der Waals surface area (Å²) in [4.78, 5) is 22.2. The zero-order valence-electron chi connectivity index (χ0n) is 12.1. The van der Waals surface area contributed by atoms with Gasteiger partial charge in [-0.2, -0.15) is 0 Å². The van der Waals surface area contributed by atoms with Crippen LogP contribution in [0.1, 0.15) is 33.6 Å². The summed E-state index contributed by atoms with van der Waals surface area (Å²) in [7, 11) is -0.830. The Morgan fingerprint density at radius 3 is 2.11 bits per heavy atom. The third-order valence-electron chi connectivity index (χ3n) is 3.33. The third kappa shape index (κ3) is 5.18. The lowest BCUT2D eigenvalue weighted by Crippen LogP contribution is -2.46. The van der Waals surface area contributed by atoms with E-state index in [9.17, 15) is 9.59 Å². The molecule has 0 aromatic carbocycles. The minimum absolute atomic E-state index is 0.0392. The Kier molecular flexibility index (Phi) is 6.02. The number of carboxylic acid groups (broad SMARTS) is 1. The highest BCUT2D eigenvalue weighted by atomic mass is 28.4. The van der Waals surface area contributed by atoms with E-state index < -0.39 is 26.4 Å². The zero-order chi connectivity index (χ0) is 14.6. The number of methoxy groups -OCH3 is 1. The van der Waals surface area contributed by atoms with Gasteiger partial charge in [-0.05, 0) is 24.6 Å². The highest BCUT2D eigenvalue weighted by Gasteiger charge is 2.41. The van der Waals surface area contributed by atoms with E-state index in [1.807, 2.05) is 13.1 Å². The molecule has 5 nitrogen and oxygen atoms in total. The molecule has 0 spiro atoms. The van der Waals surface area contributed by atoms with Gasteiger partial charge in [-0.3, -0.25) is 4.79 Å². The number of carbonyl (C=O) groups is 2. The molecule has 1 atom stereocenters. The van der Waals surface area contributed by atoms with Gasteiger partial charge in [0.2, 0.25) is 0 Å². The average Bonchev–Trinajstić information content (AvgIpc) is 2.21. The van der Waals surface area contributed by atoms with Crippen LogP contribution in [0.25, 0.3) is 0 Å². The summed E-state index contributed by atoms with van der Waals surface area (Å²) in [6.07, 6.45) is -0.741. The molecule has 0 amide bonds. The number of rotatable bonds is 6. The highest BCUT2D eigenvalue weighted by Crippen LogP contribution is 2.37. The van der Waals surface area contributed by atoms with Crippen molar-refractivity contribution in [2.45, 2.75) is 57.8 Å². The maximum absolute atomic E-state index is 11.6.